The summed E-state index contributed by atoms with van der Waals surface area (Å²) >= 11 is 0. The van der Waals surface area contributed by atoms with Gasteiger partial charge in [-0.25, -0.2) is 4.79 Å². The highest BCUT2D eigenvalue weighted by Gasteiger charge is 2.29. The van der Waals surface area contributed by atoms with Gasteiger partial charge in [0.1, 0.15) is 0 Å². The Balaban J connectivity index is 1.63. The number of ether oxygens (including phenoxy) is 1. The number of hydrogen-bond acceptors (Lipinski definition) is 7. The van der Waals surface area contributed by atoms with Gasteiger partial charge >= 0.3 is 5.97 Å². The number of amides is 3. The minimum Gasteiger partial charge on any atom is -0.462 e. The van der Waals surface area contributed by atoms with Crippen molar-refractivity contribution in [1.82, 2.24) is 4.90 Å². The lowest BCUT2D eigenvalue weighted by Crippen LogP contribution is -2.40. The third-order valence-corrected chi connectivity index (χ3v) is 6.32. The minimum atomic E-state index is -0.505. The van der Waals surface area contributed by atoms with Crippen molar-refractivity contribution in [3.8, 4) is 0 Å². The van der Waals surface area contributed by atoms with Gasteiger partial charge in [-0.15, -0.1) is 0 Å². The summed E-state index contributed by atoms with van der Waals surface area (Å²) < 4.78 is 5.09. The van der Waals surface area contributed by atoms with Crippen LogP contribution in [-0.2, 0) is 19.1 Å². The van der Waals surface area contributed by atoms with Crippen LogP contribution in [0.2, 0.25) is 0 Å². The van der Waals surface area contributed by atoms with Gasteiger partial charge in [-0.3, -0.25) is 19.3 Å². The average Bonchev–Trinajstić information content (AvgIpc) is 3.26. The van der Waals surface area contributed by atoms with E-state index in [1.807, 2.05) is 42.5 Å². The molecule has 206 valence electrons. The van der Waals surface area contributed by atoms with Crippen LogP contribution in [0.3, 0.4) is 0 Å². The molecule has 4 N–H and O–H groups in total. The van der Waals surface area contributed by atoms with Gasteiger partial charge in [-0.1, -0.05) is 36.4 Å². The van der Waals surface area contributed by atoms with E-state index in [0.717, 1.165) is 5.56 Å². The lowest BCUT2D eigenvalue weighted by molar-refractivity contribution is -0.121. The Labute approximate surface area is 232 Å². The number of fused-ring (bicyclic) bond motifs is 1. The molecule has 1 heterocycles. The smallest absolute Gasteiger partial charge is 0.338 e. The van der Waals surface area contributed by atoms with E-state index in [2.05, 4.69) is 10.6 Å². The molecule has 0 saturated heterocycles. The first-order valence-corrected chi connectivity index (χ1v) is 12.7. The number of nitrogens with zero attached hydrogens (tertiary/aromatic N) is 2. The molecule has 40 heavy (non-hydrogen) atoms. The molecule has 4 rings (SSSR count). The van der Waals surface area contributed by atoms with E-state index in [4.69, 9.17) is 10.5 Å². The zero-order chi connectivity index (χ0) is 28.8. The number of carbonyl (C=O) groups excluding carboxylic acids is 4. The second-order valence-corrected chi connectivity index (χ2v) is 9.31. The number of benzene rings is 3. The summed E-state index contributed by atoms with van der Waals surface area (Å²) in [5.41, 5.74) is 9.92. The van der Waals surface area contributed by atoms with Gasteiger partial charge in [0.25, 0.3) is 5.91 Å². The normalized spacial score (nSPS) is 13.3. The lowest BCUT2D eigenvalue weighted by atomic mass is 9.99. The van der Waals surface area contributed by atoms with E-state index in [9.17, 15) is 19.2 Å². The Morgan fingerprint density at radius 2 is 1.62 bits per heavy atom. The van der Waals surface area contributed by atoms with Crippen molar-refractivity contribution in [2.45, 2.75) is 6.92 Å². The molecule has 0 atom stereocenters. The molecule has 0 unspecified atom stereocenters. The van der Waals surface area contributed by atoms with Crippen molar-refractivity contribution in [2.75, 3.05) is 49.3 Å². The molecular weight excluding hydrogens is 510 g/mol. The third kappa shape index (κ3) is 6.36. The fourth-order valence-electron chi connectivity index (χ4n) is 4.36. The molecule has 0 spiro atoms. The fourth-order valence-corrected chi connectivity index (χ4v) is 4.36. The van der Waals surface area contributed by atoms with Gasteiger partial charge in [-0.05, 0) is 55.9 Å². The molecule has 0 aliphatic carbocycles. The number of hydrogen-bond donors (Lipinski definition) is 3. The molecule has 10 nitrogen and oxygen atoms in total. The number of nitrogens with one attached hydrogen (secondary N) is 2. The fraction of sp³-hybridized carbons (Fsp3) is 0.200. The molecule has 1 aliphatic rings. The summed E-state index contributed by atoms with van der Waals surface area (Å²) in [4.78, 5) is 52.2. The molecule has 3 aromatic carbocycles. The zero-order valence-electron chi connectivity index (χ0n) is 22.6. The molecule has 3 aromatic rings. The van der Waals surface area contributed by atoms with Crippen molar-refractivity contribution in [3.63, 3.8) is 0 Å². The predicted octanol–water partition coefficient (Wildman–Crippen LogP) is 3.18. The number of primary amides is 1. The molecule has 0 saturated carbocycles. The van der Waals surface area contributed by atoms with Crippen molar-refractivity contribution in [2.24, 2.45) is 5.73 Å². The van der Waals surface area contributed by atoms with E-state index in [0.29, 0.717) is 39.5 Å². The van der Waals surface area contributed by atoms with Crippen molar-refractivity contribution < 1.29 is 23.9 Å². The quantitative estimate of drug-likeness (QED) is 0.265. The standard InChI is InChI=1S/C30H31N5O5/c1-4-40-30(39)20-10-15-23-24(16-20)33-29(38)27(23)28(19-8-6-5-7-9-19)32-21-11-13-22(14-12-21)35(3)26(37)18-34(2)17-25(31)36/h5-16,32H,4,17-18H2,1-3H3,(H2,31,36)(H,33,38)/b28-27-. The van der Waals surface area contributed by atoms with E-state index >= 15 is 0 Å². The lowest BCUT2D eigenvalue weighted by Gasteiger charge is -2.22. The summed E-state index contributed by atoms with van der Waals surface area (Å²) in [7, 11) is 3.31. The SMILES string of the molecule is CCOC(=O)c1ccc2c(c1)NC(=O)/C2=C(\Nc1ccc(N(C)C(=O)CN(C)CC(N)=O)cc1)c1ccccc1. The number of carbonyl (C=O) groups is 4. The molecular formula is C30H31N5O5. The average molecular weight is 542 g/mol. The zero-order valence-corrected chi connectivity index (χ0v) is 22.6. The Kier molecular flexibility index (Phi) is 8.60. The van der Waals surface area contributed by atoms with Crippen LogP contribution in [0, 0.1) is 0 Å². The van der Waals surface area contributed by atoms with E-state index in [-0.39, 0.29) is 31.5 Å². The number of esters is 1. The van der Waals surface area contributed by atoms with Crippen LogP contribution in [0.5, 0.6) is 0 Å². The minimum absolute atomic E-state index is 0.0137. The number of nitrogens with two attached hydrogens (primary N) is 1. The topological polar surface area (TPSA) is 134 Å². The molecule has 0 fully saturated rings. The Morgan fingerprint density at radius 3 is 2.27 bits per heavy atom. The van der Waals surface area contributed by atoms with Crippen LogP contribution in [0.25, 0.3) is 11.3 Å². The summed E-state index contributed by atoms with van der Waals surface area (Å²) in [6, 6.07) is 21.6. The first kappa shape index (κ1) is 28.1. The monoisotopic (exact) mass is 541 g/mol. The molecule has 0 aromatic heterocycles. The third-order valence-electron chi connectivity index (χ3n) is 6.32. The van der Waals surface area contributed by atoms with Crippen LogP contribution in [0.4, 0.5) is 17.1 Å². The molecule has 10 heteroatoms. The molecule has 3 amide bonds. The van der Waals surface area contributed by atoms with Gasteiger partial charge < -0.3 is 26.0 Å². The van der Waals surface area contributed by atoms with Crippen LogP contribution in [-0.4, -0.2) is 62.4 Å². The van der Waals surface area contributed by atoms with Crippen LogP contribution >= 0.6 is 0 Å². The van der Waals surface area contributed by atoms with Crippen LogP contribution < -0.4 is 21.3 Å². The number of likely N-dealkylation sites (N-methyl/N-ethyl adjacent to an activating group) is 2. The van der Waals surface area contributed by atoms with Gasteiger partial charge in [-0.2, -0.15) is 0 Å². The van der Waals surface area contributed by atoms with Gasteiger partial charge in [0.2, 0.25) is 11.8 Å². The van der Waals surface area contributed by atoms with E-state index in [1.54, 1.807) is 56.3 Å². The Hall–Kier alpha value is -4.96. The number of anilines is 3. The first-order valence-electron chi connectivity index (χ1n) is 12.7. The van der Waals surface area contributed by atoms with Crippen molar-refractivity contribution in [3.05, 3.63) is 89.5 Å². The predicted molar refractivity (Wildman–Crippen MR) is 154 cm³/mol. The second-order valence-electron chi connectivity index (χ2n) is 9.31. The summed E-state index contributed by atoms with van der Waals surface area (Å²) in [6.07, 6.45) is 0. The van der Waals surface area contributed by atoms with Crippen molar-refractivity contribution in [1.29, 1.82) is 0 Å². The van der Waals surface area contributed by atoms with Gasteiger partial charge in [0.05, 0.1) is 42.2 Å². The molecule has 0 radical (unpaired) electrons. The van der Waals surface area contributed by atoms with E-state index in [1.165, 1.54) is 4.90 Å². The van der Waals surface area contributed by atoms with Crippen LogP contribution in [0.1, 0.15) is 28.4 Å². The summed E-state index contributed by atoms with van der Waals surface area (Å²) in [5.74, 6) is -1.46. The second kappa shape index (κ2) is 12.3. The number of rotatable bonds is 10. The first-order chi connectivity index (χ1) is 19.2. The highest BCUT2D eigenvalue weighted by molar-refractivity contribution is 6.37. The summed E-state index contributed by atoms with van der Waals surface area (Å²) in [5, 5.41) is 6.24. The maximum atomic E-state index is 13.2. The van der Waals surface area contributed by atoms with Crippen molar-refractivity contribution >= 4 is 52.0 Å². The molecule has 1 aliphatic heterocycles. The van der Waals surface area contributed by atoms with E-state index < -0.39 is 11.9 Å². The largest absolute Gasteiger partial charge is 0.462 e. The Bertz CT molecular complexity index is 1470. The Morgan fingerprint density at radius 1 is 0.925 bits per heavy atom. The maximum absolute atomic E-state index is 13.2. The molecule has 0 bridgehead atoms. The van der Waals surface area contributed by atoms with Gasteiger partial charge in [0, 0.05) is 24.0 Å². The van der Waals surface area contributed by atoms with Gasteiger partial charge in [0.15, 0.2) is 0 Å². The maximum Gasteiger partial charge on any atom is 0.338 e. The van der Waals surface area contributed by atoms with Crippen LogP contribution in [0.15, 0.2) is 72.8 Å². The highest BCUT2D eigenvalue weighted by Crippen LogP contribution is 2.38. The summed E-state index contributed by atoms with van der Waals surface area (Å²) in [6.45, 7) is 2.01. The highest BCUT2D eigenvalue weighted by atomic mass is 16.5.